The third-order valence-corrected chi connectivity index (χ3v) is 2.56. The van der Waals surface area contributed by atoms with E-state index in [0.29, 0.717) is 0 Å². The second-order valence-electron chi connectivity index (χ2n) is 4.61. The summed E-state index contributed by atoms with van der Waals surface area (Å²) in [7, 11) is 0. The zero-order chi connectivity index (χ0) is 9.68. The molecule has 1 fully saturated rings. The molecule has 1 aliphatic carbocycles. The monoisotopic (exact) mass is 181 g/mol. The van der Waals surface area contributed by atoms with E-state index in [1.54, 1.807) is 5.57 Å². The normalized spacial score (nSPS) is 18.3. The summed E-state index contributed by atoms with van der Waals surface area (Å²) in [4.78, 5) is 0. The molecule has 0 saturated heterocycles. The number of rotatable bonds is 6. The van der Waals surface area contributed by atoms with E-state index < -0.39 is 0 Å². The molecule has 0 aromatic heterocycles. The first kappa shape index (κ1) is 10.8. The van der Waals surface area contributed by atoms with E-state index in [1.165, 1.54) is 19.3 Å². The molecule has 0 amide bonds. The van der Waals surface area contributed by atoms with Crippen molar-refractivity contribution in [2.24, 2.45) is 11.8 Å². The van der Waals surface area contributed by atoms with Crippen molar-refractivity contribution >= 4 is 0 Å². The third-order valence-electron chi connectivity index (χ3n) is 2.56. The van der Waals surface area contributed by atoms with Crippen LogP contribution in [0, 0.1) is 11.8 Å². The summed E-state index contributed by atoms with van der Waals surface area (Å²) in [5, 5.41) is 3.45. The molecule has 0 radical (unpaired) electrons. The Kier molecular flexibility index (Phi) is 4.51. The van der Waals surface area contributed by atoms with Gasteiger partial charge in [0.25, 0.3) is 0 Å². The lowest BCUT2D eigenvalue weighted by Gasteiger charge is -2.05. The van der Waals surface area contributed by atoms with Crippen LogP contribution in [0.3, 0.4) is 0 Å². The number of allylic oxidation sites excluding steroid dienone is 1. The van der Waals surface area contributed by atoms with Crippen molar-refractivity contribution < 1.29 is 0 Å². The molecule has 1 heteroatoms. The Bertz CT molecular complexity index is 166. The fraction of sp³-hybridized carbons (Fsp3) is 0.833. The van der Waals surface area contributed by atoms with Crippen LogP contribution in [0.15, 0.2) is 11.6 Å². The SMILES string of the molecule is CC(=CCCNCC(C)C)C1CC1. The van der Waals surface area contributed by atoms with Gasteiger partial charge in [-0.25, -0.2) is 0 Å². The van der Waals surface area contributed by atoms with Crippen LogP contribution in [0.2, 0.25) is 0 Å². The van der Waals surface area contributed by atoms with Crippen LogP contribution < -0.4 is 5.32 Å². The Morgan fingerprint density at radius 2 is 2.15 bits per heavy atom. The average molecular weight is 181 g/mol. The minimum absolute atomic E-state index is 0.772. The van der Waals surface area contributed by atoms with Crippen molar-refractivity contribution in [1.29, 1.82) is 0 Å². The summed E-state index contributed by atoms with van der Waals surface area (Å²) < 4.78 is 0. The van der Waals surface area contributed by atoms with Gasteiger partial charge in [0.15, 0.2) is 0 Å². The number of hydrogen-bond donors (Lipinski definition) is 1. The third kappa shape index (κ3) is 5.09. The van der Waals surface area contributed by atoms with Gasteiger partial charge in [-0.1, -0.05) is 25.5 Å². The summed E-state index contributed by atoms with van der Waals surface area (Å²) in [6.07, 6.45) is 6.48. The fourth-order valence-electron chi connectivity index (χ4n) is 1.50. The first-order valence-corrected chi connectivity index (χ1v) is 5.57. The van der Waals surface area contributed by atoms with E-state index in [9.17, 15) is 0 Å². The molecule has 0 bridgehead atoms. The van der Waals surface area contributed by atoms with Gasteiger partial charge in [-0.05, 0) is 51.1 Å². The lowest BCUT2D eigenvalue weighted by molar-refractivity contribution is 0.556. The van der Waals surface area contributed by atoms with Gasteiger partial charge in [0.2, 0.25) is 0 Å². The van der Waals surface area contributed by atoms with Crippen LogP contribution >= 0.6 is 0 Å². The largest absolute Gasteiger partial charge is 0.316 e. The molecule has 1 N–H and O–H groups in total. The zero-order valence-electron chi connectivity index (χ0n) is 9.27. The van der Waals surface area contributed by atoms with E-state index >= 15 is 0 Å². The van der Waals surface area contributed by atoms with E-state index in [2.05, 4.69) is 32.2 Å². The summed E-state index contributed by atoms with van der Waals surface area (Å²) in [5.74, 6) is 1.72. The number of hydrogen-bond acceptors (Lipinski definition) is 1. The van der Waals surface area contributed by atoms with Crippen LogP contribution in [-0.2, 0) is 0 Å². The Hall–Kier alpha value is -0.300. The standard InChI is InChI=1S/C12H23N/c1-10(2)9-13-8-4-5-11(3)12-6-7-12/h5,10,12-13H,4,6-9H2,1-3H3. The minimum atomic E-state index is 0.772. The molecular formula is C12H23N. The first-order chi connectivity index (χ1) is 6.20. The molecule has 0 atom stereocenters. The topological polar surface area (TPSA) is 12.0 Å². The van der Waals surface area contributed by atoms with Crippen molar-refractivity contribution in [3.05, 3.63) is 11.6 Å². The Morgan fingerprint density at radius 1 is 1.46 bits per heavy atom. The smallest absolute Gasteiger partial charge is 0.00141 e. The molecular weight excluding hydrogens is 158 g/mol. The van der Waals surface area contributed by atoms with Crippen molar-refractivity contribution in [3.63, 3.8) is 0 Å². The van der Waals surface area contributed by atoms with Gasteiger partial charge in [0.05, 0.1) is 0 Å². The predicted molar refractivity (Wildman–Crippen MR) is 58.8 cm³/mol. The quantitative estimate of drug-likeness (QED) is 0.490. The van der Waals surface area contributed by atoms with Gasteiger partial charge in [-0.3, -0.25) is 0 Å². The van der Waals surface area contributed by atoms with Crippen LogP contribution in [-0.4, -0.2) is 13.1 Å². The zero-order valence-corrected chi connectivity index (χ0v) is 9.27. The second kappa shape index (κ2) is 5.43. The molecule has 1 saturated carbocycles. The Labute approximate surface area is 82.6 Å². The van der Waals surface area contributed by atoms with Crippen molar-refractivity contribution in [2.75, 3.05) is 13.1 Å². The van der Waals surface area contributed by atoms with Crippen LogP contribution in [0.1, 0.15) is 40.0 Å². The lowest BCUT2D eigenvalue weighted by Crippen LogP contribution is -2.20. The minimum Gasteiger partial charge on any atom is -0.316 e. The van der Waals surface area contributed by atoms with Crippen LogP contribution in [0.4, 0.5) is 0 Å². The van der Waals surface area contributed by atoms with Crippen LogP contribution in [0.25, 0.3) is 0 Å². The highest BCUT2D eigenvalue weighted by Gasteiger charge is 2.22. The van der Waals surface area contributed by atoms with Gasteiger partial charge >= 0.3 is 0 Å². The Morgan fingerprint density at radius 3 is 2.69 bits per heavy atom. The Balaban J connectivity index is 1.96. The molecule has 76 valence electrons. The molecule has 0 aliphatic heterocycles. The summed E-state index contributed by atoms with van der Waals surface area (Å²) in [6.45, 7) is 9.06. The van der Waals surface area contributed by atoms with E-state index in [1.807, 2.05) is 0 Å². The van der Waals surface area contributed by atoms with Gasteiger partial charge in [0, 0.05) is 0 Å². The number of nitrogens with one attached hydrogen (secondary N) is 1. The van der Waals surface area contributed by atoms with E-state index in [0.717, 1.165) is 24.9 Å². The van der Waals surface area contributed by atoms with Crippen molar-refractivity contribution in [3.8, 4) is 0 Å². The first-order valence-electron chi connectivity index (χ1n) is 5.57. The van der Waals surface area contributed by atoms with Gasteiger partial charge < -0.3 is 5.32 Å². The predicted octanol–water partition coefficient (Wildman–Crippen LogP) is 2.98. The highest BCUT2D eigenvalue weighted by Crippen LogP contribution is 2.35. The van der Waals surface area contributed by atoms with Crippen LogP contribution in [0.5, 0.6) is 0 Å². The molecule has 0 spiro atoms. The molecule has 1 nitrogen and oxygen atoms in total. The molecule has 13 heavy (non-hydrogen) atoms. The molecule has 0 unspecified atom stereocenters. The average Bonchev–Trinajstić information content (AvgIpc) is 2.85. The lowest BCUT2D eigenvalue weighted by atomic mass is 10.1. The summed E-state index contributed by atoms with van der Waals surface area (Å²) >= 11 is 0. The summed E-state index contributed by atoms with van der Waals surface area (Å²) in [5.41, 5.74) is 1.62. The maximum atomic E-state index is 3.45. The highest BCUT2D eigenvalue weighted by atomic mass is 14.8. The fourth-order valence-corrected chi connectivity index (χ4v) is 1.50. The maximum absolute atomic E-state index is 3.45. The van der Waals surface area contributed by atoms with E-state index in [-0.39, 0.29) is 0 Å². The van der Waals surface area contributed by atoms with Gasteiger partial charge in [-0.2, -0.15) is 0 Å². The molecule has 1 aliphatic rings. The van der Waals surface area contributed by atoms with Crippen molar-refractivity contribution in [1.82, 2.24) is 5.32 Å². The molecule has 0 aromatic rings. The molecule has 0 aromatic carbocycles. The van der Waals surface area contributed by atoms with Gasteiger partial charge in [-0.15, -0.1) is 0 Å². The molecule has 0 heterocycles. The second-order valence-corrected chi connectivity index (χ2v) is 4.61. The molecule has 1 rings (SSSR count). The van der Waals surface area contributed by atoms with Crippen molar-refractivity contribution in [2.45, 2.75) is 40.0 Å². The van der Waals surface area contributed by atoms with E-state index in [4.69, 9.17) is 0 Å². The van der Waals surface area contributed by atoms with Gasteiger partial charge in [0.1, 0.15) is 0 Å². The summed E-state index contributed by atoms with van der Waals surface area (Å²) in [6, 6.07) is 0. The highest BCUT2D eigenvalue weighted by molar-refractivity contribution is 5.09. The maximum Gasteiger partial charge on any atom is -0.00141 e.